The predicted octanol–water partition coefficient (Wildman–Crippen LogP) is 5.53. The third-order valence-electron chi connectivity index (χ3n) is 7.46. The molecule has 1 atom stereocenters. The Morgan fingerprint density at radius 2 is 1.77 bits per heavy atom. The molecule has 210 valence electrons. The summed E-state index contributed by atoms with van der Waals surface area (Å²) >= 11 is 0. The van der Waals surface area contributed by atoms with Gasteiger partial charge < -0.3 is 14.8 Å². The number of aliphatic hydroxyl groups is 1. The van der Waals surface area contributed by atoms with Crippen molar-refractivity contribution in [3.05, 3.63) is 96.3 Å². The highest BCUT2D eigenvalue weighted by Gasteiger charge is 2.17. The maximum atomic E-state index is 13.0. The molecular weight excluding hydrogens is 524 g/mol. The third-order valence-corrected chi connectivity index (χ3v) is 8.85. The molecule has 0 spiro atoms. The lowest BCUT2D eigenvalue weighted by molar-refractivity contribution is 0.174. The van der Waals surface area contributed by atoms with E-state index >= 15 is 0 Å². The van der Waals surface area contributed by atoms with E-state index in [4.69, 9.17) is 4.42 Å². The van der Waals surface area contributed by atoms with Gasteiger partial charge in [-0.25, -0.2) is 13.4 Å². The number of nitrogens with one attached hydrogen (secondary N) is 2. The van der Waals surface area contributed by atoms with Crippen molar-refractivity contribution in [2.24, 2.45) is 5.92 Å². The lowest BCUT2D eigenvalue weighted by Crippen LogP contribution is -2.23. The van der Waals surface area contributed by atoms with Crippen LogP contribution in [0.15, 0.2) is 88.6 Å². The average Bonchev–Trinajstić information content (AvgIpc) is 3.68. The molecule has 0 saturated heterocycles. The first-order valence-electron chi connectivity index (χ1n) is 13.9. The van der Waals surface area contributed by atoms with Gasteiger partial charge in [-0.15, -0.1) is 0 Å². The van der Waals surface area contributed by atoms with Crippen LogP contribution in [0.1, 0.15) is 55.2 Å². The van der Waals surface area contributed by atoms with Crippen LogP contribution < -0.4 is 10.0 Å². The van der Waals surface area contributed by atoms with Gasteiger partial charge in [0, 0.05) is 42.2 Å². The van der Waals surface area contributed by atoms with Crippen LogP contribution in [-0.4, -0.2) is 36.6 Å². The van der Waals surface area contributed by atoms with E-state index in [2.05, 4.69) is 20.0 Å². The molecule has 1 aliphatic rings. The number of benzene rings is 2. The van der Waals surface area contributed by atoms with E-state index in [0.29, 0.717) is 18.8 Å². The fraction of sp³-hybridized carbons (Fsp3) is 0.355. The standard InChI is InChI=1S/C31H36N4O4S/c36-30(26-6-3-18-32-20-26)21-33-19-17-24-7-12-27(13-8-24)35-40(37,38)28-14-10-25(11-15-28)29-22-39-31(34-29)16-9-23-4-1-2-5-23/h3,6-8,10-15,18,20,22-23,30,33,35-36H,1-2,4-5,9,16-17,19,21H2. The second kappa shape index (κ2) is 13.2. The van der Waals surface area contributed by atoms with E-state index in [1.807, 2.05) is 18.2 Å². The summed E-state index contributed by atoms with van der Waals surface area (Å²) in [6, 6.07) is 17.7. The summed E-state index contributed by atoms with van der Waals surface area (Å²) in [5.41, 5.74) is 3.87. The van der Waals surface area contributed by atoms with Crippen molar-refractivity contribution in [1.82, 2.24) is 15.3 Å². The molecule has 40 heavy (non-hydrogen) atoms. The fourth-order valence-corrected chi connectivity index (χ4v) is 6.16. The Balaban J connectivity index is 1.10. The van der Waals surface area contributed by atoms with E-state index in [1.165, 1.54) is 25.7 Å². The van der Waals surface area contributed by atoms with Crippen molar-refractivity contribution < 1.29 is 17.9 Å². The van der Waals surface area contributed by atoms with Gasteiger partial charge in [-0.2, -0.15) is 0 Å². The second-order valence-electron chi connectivity index (χ2n) is 10.4. The minimum atomic E-state index is -3.73. The molecule has 8 nitrogen and oxygen atoms in total. The molecule has 2 aromatic carbocycles. The van der Waals surface area contributed by atoms with Gasteiger partial charge in [-0.3, -0.25) is 9.71 Å². The van der Waals surface area contributed by atoms with Crippen LogP contribution in [0, 0.1) is 5.92 Å². The highest BCUT2D eigenvalue weighted by atomic mass is 32.2. The summed E-state index contributed by atoms with van der Waals surface area (Å²) in [6.45, 7) is 1.11. The molecule has 3 N–H and O–H groups in total. The SMILES string of the molecule is O=S(=O)(Nc1ccc(CCNCC(O)c2cccnc2)cc1)c1ccc(-c2coc(CCC3CCCC3)n2)cc1. The van der Waals surface area contributed by atoms with Crippen LogP contribution in [0.4, 0.5) is 5.69 Å². The molecule has 2 heterocycles. The van der Waals surface area contributed by atoms with Gasteiger partial charge >= 0.3 is 0 Å². The number of aliphatic hydroxyl groups excluding tert-OH is 1. The smallest absolute Gasteiger partial charge is 0.261 e. The number of pyridine rings is 1. The number of aromatic nitrogens is 2. The van der Waals surface area contributed by atoms with Gasteiger partial charge in [0.05, 0.1) is 11.0 Å². The number of hydrogen-bond acceptors (Lipinski definition) is 7. The fourth-order valence-electron chi connectivity index (χ4n) is 5.11. The van der Waals surface area contributed by atoms with Crippen LogP contribution >= 0.6 is 0 Å². The van der Waals surface area contributed by atoms with E-state index < -0.39 is 16.1 Å². The minimum absolute atomic E-state index is 0.182. The molecule has 1 aliphatic carbocycles. The lowest BCUT2D eigenvalue weighted by Gasteiger charge is -2.12. The summed E-state index contributed by atoms with van der Waals surface area (Å²) in [7, 11) is -3.73. The Labute approximate surface area is 235 Å². The molecule has 4 aromatic rings. The van der Waals surface area contributed by atoms with Crippen LogP contribution in [0.5, 0.6) is 0 Å². The Hall–Kier alpha value is -3.53. The van der Waals surface area contributed by atoms with Crippen molar-refractivity contribution in [3.63, 3.8) is 0 Å². The van der Waals surface area contributed by atoms with Crippen LogP contribution in [0.3, 0.4) is 0 Å². The van der Waals surface area contributed by atoms with Crippen molar-refractivity contribution in [3.8, 4) is 11.3 Å². The summed E-state index contributed by atoms with van der Waals surface area (Å²) in [6.07, 6.45) is 12.3. The third kappa shape index (κ3) is 7.56. The molecule has 2 aromatic heterocycles. The first kappa shape index (κ1) is 28.0. The number of nitrogens with zero attached hydrogens (tertiary/aromatic N) is 2. The van der Waals surface area contributed by atoms with E-state index in [0.717, 1.165) is 53.5 Å². The molecule has 1 unspecified atom stereocenters. The Morgan fingerprint density at radius 3 is 2.50 bits per heavy atom. The number of aryl methyl sites for hydroxylation is 1. The van der Waals surface area contributed by atoms with E-state index in [1.54, 1.807) is 61.1 Å². The lowest BCUT2D eigenvalue weighted by atomic mass is 10.0. The zero-order valence-corrected chi connectivity index (χ0v) is 23.3. The topological polar surface area (TPSA) is 117 Å². The average molecular weight is 561 g/mol. The highest BCUT2D eigenvalue weighted by Crippen LogP contribution is 2.29. The molecule has 9 heteroatoms. The van der Waals surface area contributed by atoms with Crippen molar-refractivity contribution in [2.75, 3.05) is 17.8 Å². The van der Waals surface area contributed by atoms with Gasteiger partial charge in [0.25, 0.3) is 10.0 Å². The molecule has 0 radical (unpaired) electrons. The molecule has 1 fully saturated rings. The number of hydrogen-bond donors (Lipinski definition) is 3. The summed E-state index contributed by atoms with van der Waals surface area (Å²) in [5, 5.41) is 13.5. The number of rotatable bonds is 13. The number of anilines is 1. The zero-order valence-electron chi connectivity index (χ0n) is 22.5. The normalized spacial score (nSPS) is 14.8. The maximum Gasteiger partial charge on any atom is 0.261 e. The molecule has 0 bridgehead atoms. The first-order chi connectivity index (χ1) is 19.5. The highest BCUT2D eigenvalue weighted by molar-refractivity contribution is 7.92. The zero-order chi connectivity index (χ0) is 27.8. The molecule has 0 amide bonds. The van der Waals surface area contributed by atoms with Crippen LogP contribution in [-0.2, 0) is 22.9 Å². The van der Waals surface area contributed by atoms with Gasteiger partial charge in [-0.1, -0.05) is 56.0 Å². The summed E-state index contributed by atoms with van der Waals surface area (Å²) < 4.78 is 34.2. The Kier molecular flexibility index (Phi) is 9.26. The Morgan fingerprint density at radius 1 is 1.00 bits per heavy atom. The van der Waals surface area contributed by atoms with Gasteiger partial charge in [-0.05, 0) is 61.2 Å². The van der Waals surface area contributed by atoms with Gasteiger partial charge in [0.2, 0.25) is 0 Å². The minimum Gasteiger partial charge on any atom is -0.448 e. The van der Waals surface area contributed by atoms with Crippen molar-refractivity contribution >= 4 is 15.7 Å². The van der Waals surface area contributed by atoms with E-state index in [9.17, 15) is 13.5 Å². The van der Waals surface area contributed by atoms with Crippen molar-refractivity contribution in [1.29, 1.82) is 0 Å². The quantitative estimate of drug-likeness (QED) is 0.184. The van der Waals surface area contributed by atoms with Gasteiger partial charge in [0.1, 0.15) is 12.0 Å². The number of oxazole rings is 1. The Bertz CT molecular complexity index is 1450. The predicted molar refractivity (Wildman–Crippen MR) is 155 cm³/mol. The molecule has 0 aliphatic heterocycles. The number of sulfonamides is 1. The van der Waals surface area contributed by atoms with Crippen LogP contribution in [0.2, 0.25) is 0 Å². The second-order valence-corrected chi connectivity index (χ2v) is 12.1. The molecular formula is C31H36N4O4S. The monoisotopic (exact) mass is 560 g/mol. The summed E-state index contributed by atoms with van der Waals surface area (Å²) in [4.78, 5) is 8.81. The first-order valence-corrected chi connectivity index (χ1v) is 15.4. The summed E-state index contributed by atoms with van der Waals surface area (Å²) in [5.74, 6) is 1.52. The van der Waals surface area contributed by atoms with E-state index in [-0.39, 0.29) is 4.90 Å². The maximum absolute atomic E-state index is 13.0. The largest absolute Gasteiger partial charge is 0.448 e. The van der Waals surface area contributed by atoms with Crippen molar-refractivity contribution in [2.45, 2.75) is 55.9 Å². The van der Waals surface area contributed by atoms with Gasteiger partial charge in [0.15, 0.2) is 5.89 Å². The van der Waals surface area contributed by atoms with Crippen LogP contribution in [0.25, 0.3) is 11.3 Å². The molecule has 1 saturated carbocycles. The molecule has 5 rings (SSSR count).